The van der Waals surface area contributed by atoms with Gasteiger partial charge in [0, 0.05) is 18.2 Å². The third kappa shape index (κ3) is 7.56. The van der Waals surface area contributed by atoms with Crippen molar-refractivity contribution in [1.82, 2.24) is 10.6 Å². The molecule has 1 aromatic rings. The van der Waals surface area contributed by atoms with Gasteiger partial charge >= 0.3 is 12.0 Å². The molecule has 0 saturated carbocycles. The first-order valence-corrected chi connectivity index (χ1v) is 7.94. The van der Waals surface area contributed by atoms with Crippen LogP contribution in [-0.4, -0.2) is 45.3 Å². The van der Waals surface area contributed by atoms with Crippen LogP contribution in [0.25, 0.3) is 0 Å². The van der Waals surface area contributed by atoms with Crippen molar-refractivity contribution in [2.24, 2.45) is 0 Å². The molecule has 0 unspecified atom stereocenters. The molecule has 3 amide bonds. The number of amides is 3. The lowest BCUT2D eigenvalue weighted by molar-refractivity contribution is -0.147. The minimum absolute atomic E-state index is 0.0663. The smallest absolute Gasteiger partial charge is 0.321 e. The fourth-order valence-corrected chi connectivity index (χ4v) is 1.94. The third-order valence-corrected chi connectivity index (χ3v) is 3.26. The molecular weight excluding hydrogens is 328 g/mol. The van der Waals surface area contributed by atoms with Crippen LogP contribution in [0, 0.1) is 0 Å². The molecule has 8 heteroatoms. The van der Waals surface area contributed by atoms with Gasteiger partial charge in [0.1, 0.15) is 11.5 Å². The summed E-state index contributed by atoms with van der Waals surface area (Å²) in [4.78, 5) is 34.8. The van der Waals surface area contributed by atoms with Crippen LogP contribution in [0.2, 0.25) is 0 Å². The Morgan fingerprint density at radius 3 is 2.52 bits per heavy atom. The number of rotatable bonds is 9. The molecule has 0 aliphatic carbocycles. The van der Waals surface area contributed by atoms with Crippen molar-refractivity contribution in [2.75, 3.05) is 27.4 Å². The summed E-state index contributed by atoms with van der Waals surface area (Å²) in [5.74, 6) is -0.215. The normalized spacial score (nSPS) is 9.88. The highest BCUT2D eigenvalue weighted by Gasteiger charge is 2.14. The number of carbonyl (C=O) groups is 3. The Bertz CT molecular complexity index is 603. The maximum atomic E-state index is 11.8. The van der Waals surface area contributed by atoms with E-state index in [1.54, 1.807) is 18.2 Å². The quantitative estimate of drug-likeness (QED) is 0.515. The van der Waals surface area contributed by atoms with Crippen LogP contribution in [0.5, 0.6) is 11.5 Å². The Labute approximate surface area is 146 Å². The monoisotopic (exact) mass is 352 g/mol. The van der Waals surface area contributed by atoms with Crippen LogP contribution in [0.15, 0.2) is 18.2 Å². The number of unbranched alkanes of at least 4 members (excludes halogenated alkanes) is 1. The molecule has 0 aliphatic heterocycles. The molecule has 2 N–H and O–H groups in total. The van der Waals surface area contributed by atoms with Crippen molar-refractivity contribution in [1.29, 1.82) is 0 Å². The number of methoxy groups -OCH3 is 2. The molecule has 0 aromatic heterocycles. The van der Waals surface area contributed by atoms with E-state index < -0.39 is 24.5 Å². The summed E-state index contributed by atoms with van der Waals surface area (Å²) >= 11 is 0. The number of carbonyl (C=O) groups excluding carboxylic acids is 3. The maximum absolute atomic E-state index is 11.8. The Morgan fingerprint density at radius 1 is 1.12 bits per heavy atom. The summed E-state index contributed by atoms with van der Waals surface area (Å²) in [5, 5.41) is 4.62. The molecule has 25 heavy (non-hydrogen) atoms. The maximum Gasteiger partial charge on any atom is 0.321 e. The number of benzene rings is 1. The summed E-state index contributed by atoms with van der Waals surface area (Å²) in [6, 6.07) is 4.42. The van der Waals surface area contributed by atoms with Crippen molar-refractivity contribution >= 4 is 17.9 Å². The number of nitrogens with one attached hydrogen (secondary N) is 2. The minimum Gasteiger partial charge on any atom is -0.497 e. The second kappa shape index (κ2) is 10.9. The molecular formula is C17H24N2O6. The van der Waals surface area contributed by atoms with Gasteiger partial charge in [0.25, 0.3) is 5.91 Å². The van der Waals surface area contributed by atoms with Gasteiger partial charge in [-0.2, -0.15) is 0 Å². The second-order valence-corrected chi connectivity index (χ2v) is 5.17. The lowest BCUT2D eigenvalue weighted by atomic mass is 10.1. The Balaban J connectivity index is 2.42. The molecule has 0 radical (unpaired) electrons. The molecule has 0 atom stereocenters. The van der Waals surface area contributed by atoms with Crippen LogP contribution >= 0.6 is 0 Å². The van der Waals surface area contributed by atoms with E-state index in [1.165, 1.54) is 14.2 Å². The lowest BCUT2D eigenvalue weighted by Crippen LogP contribution is -2.41. The van der Waals surface area contributed by atoms with Crippen LogP contribution in [0.4, 0.5) is 4.79 Å². The topological polar surface area (TPSA) is 103 Å². The van der Waals surface area contributed by atoms with Crippen molar-refractivity contribution in [3.05, 3.63) is 23.8 Å². The Kier molecular flexibility index (Phi) is 8.84. The predicted octanol–water partition coefficient (Wildman–Crippen LogP) is 1.42. The van der Waals surface area contributed by atoms with E-state index in [0.717, 1.165) is 12.8 Å². The van der Waals surface area contributed by atoms with E-state index in [-0.39, 0.29) is 6.42 Å². The summed E-state index contributed by atoms with van der Waals surface area (Å²) < 4.78 is 15.1. The number of imide groups is 1. The third-order valence-electron chi connectivity index (χ3n) is 3.26. The van der Waals surface area contributed by atoms with Gasteiger partial charge in [-0.3, -0.25) is 14.9 Å². The lowest BCUT2D eigenvalue weighted by Gasteiger charge is -2.10. The van der Waals surface area contributed by atoms with Gasteiger partial charge in [-0.05, 0) is 12.5 Å². The average molecular weight is 352 g/mol. The molecule has 0 bridgehead atoms. The van der Waals surface area contributed by atoms with Gasteiger partial charge in [0.15, 0.2) is 6.61 Å². The number of hydrogen-bond acceptors (Lipinski definition) is 6. The molecule has 0 spiro atoms. The first-order valence-electron chi connectivity index (χ1n) is 7.94. The molecule has 1 aromatic carbocycles. The van der Waals surface area contributed by atoms with Crippen LogP contribution in [0.3, 0.4) is 0 Å². The summed E-state index contributed by atoms with van der Waals surface area (Å²) in [6.07, 6.45) is 1.68. The molecule has 0 saturated heterocycles. The highest BCUT2D eigenvalue weighted by Crippen LogP contribution is 2.25. The summed E-state index contributed by atoms with van der Waals surface area (Å²) in [6.45, 7) is 1.94. The minimum atomic E-state index is -0.691. The summed E-state index contributed by atoms with van der Waals surface area (Å²) in [5.41, 5.74) is 0.603. The highest BCUT2D eigenvalue weighted by molar-refractivity contribution is 5.95. The number of hydrogen-bond donors (Lipinski definition) is 2. The number of esters is 1. The van der Waals surface area contributed by atoms with Gasteiger partial charge in [0.05, 0.1) is 20.6 Å². The van der Waals surface area contributed by atoms with E-state index in [2.05, 4.69) is 10.6 Å². The zero-order chi connectivity index (χ0) is 18.7. The molecule has 0 aliphatic rings. The molecule has 138 valence electrons. The zero-order valence-corrected chi connectivity index (χ0v) is 14.7. The van der Waals surface area contributed by atoms with Gasteiger partial charge < -0.3 is 19.5 Å². The Hall–Kier alpha value is -2.77. The van der Waals surface area contributed by atoms with Crippen molar-refractivity contribution in [2.45, 2.75) is 26.2 Å². The number of ether oxygens (including phenoxy) is 3. The number of urea groups is 1. The Morgan fingerprint density at radius 2 is 1.88 bits per heavy atom. The van der Waals surface area contributed by atoms with E-state index in [9.17, 15) is 14.4 Å². The molecule has 0 heterocycles. The fourth-order valence-electron chi connectivity index (χ4n) is 1.94. The molecule has 1 rings (SSSR count). The van der Waals surface area contributed by atoms with Gasteiger partial charge in [-0.1, -0.05) is 19.4 Å². The molecule has 8 nitrogen and oxygen atoms in total. The van der Waals surface area contributed by atoms with Crippen LogP contribution in [-0.2, 0) is 20.7 Å². The SMILES string of the molecule is CCCCNC(=O)NC(=O)COC(=O)Cc1ccc(OC)cc1OC. The zero-order valence-electron chi connectivity index (χ0n) is 14.7. The van der Waals surface area contributed by atoms with Crippen molar-refractivity contribution in [3.8, 4) is 11.5 Å². The molecule has 0 fully saturated rings. The van der Waals surface area contributed by atoms with Crippen molar-refractivity contribution < 1.29 is 28.6 Å². The average Bonchev–Trinajstić information content (AvgIpc) is 2.60. The van der Waals surface area contributed by atoms with Crippen molar-refractivity contribution in [3.63, 3.8) is 0 Å². The van der Waals surface area contributed by atoms with E-state index in [1.807, 2.05) is 6.92 Å². The van der Waals surface area contributed by atoms with Crippen LogP contribution in [0.1, 0.15) is 25.3 Å². The largest absolute Gasteiger partial charge is 0.497 e. The summed E-state index contributed by atoms with van der Waals surface area (Å²) in [7, 11) is 3.01. The standard InChI is InChI=1S/C17H24N2O6/c1-4-5-8-18-17(22)19-15(20)11-25-16(21)9-12-6-7-13(23-2)10-14(12)24-3/h6-7,10H,4-5,8-9,11H2,1-3H3,(H2,18,19,20,22). The van der Waals surface area contributed by atoms with Crippen LogP contribution < -0.4 is 20.1 Å². The van der Waals surface area contributed by atoms with Gasteiger partial charge in [-0.15, -0.1) is 0 Å². The predicted molar refractivity (Wildman–Crippen MR) is 90.7 cm³/mol. The fraction of sp³-hybridized carbons (Fsp3) is 0.471. The van der Waals surface area contributed by atoms with Gasteiger partial charge in [-0.25, -0.2) is 4.79 Å². The van der Waals surface area contributed by atoms with E-state index >= 15 is 0 Å². The first-order chi connectivity index (χ1) is 12.0. The second-order valence-electron chi connectivity index (χ2n) is 5.17. The van der Waals surface area contributed by atoms with E-state index in [0.29, 0.717) is 23.6 Å². The highest BCUT2D eigenvalue weighted by atomic mass is 16.5. The van der Waals surface area contributed by atoms with Gasteiger partial charge in [0.2, 0.25) is 0 Å². The first kappa shape index (κ1) is 20.3. The van der Waals surface area contributed by atoms with E-state index in [4.69, 9.17) is 14.2 Å².